The van der Waals surface area contributed by atoms with Crippen LogP contribution in [0.4, 0.5) is 0 Å². The number of phenolic OH excluding ortho intramolecular Hbond substituents is 1. The average Bonchev–Trinajstić information content (AvgIpc) is 2.93. The zero-order valence-corrected chi connectivity index (χ0v) is 25.6. The number of hydrogen-bond donors (Lipinski definition) is 3. The highest BCUT2D eigenvalue weighted by molar-refractivity contribution is 6.33. The van der Waals surface area contributed by atoms with Gasteiger partial charge in [0.25, 0.3) is 0 Å². The molecule has 1 amide bonds. The van der Waals surface area contributed by atoms with E-state index in [0.717, 1.165) is 0 Å². The number of benzene rings is 2. The molecule has 0 aromatic heterocycles. The number of likely N-dealkylation sites (N-methyl/N-ethyl adjacent to an activating group) is 1. The van der Waals surface area contributed by atoms with Crippen LogP contribution in [-0.4, -0.2) is 91.2 Å². The summed E-state index contributed by atoms with van der Waals surface area (Å²) in [5, 5.41) is 23.1. The molecule has 2 aromatic rings. The largest absolute Gasteiger partial charge is 0.507 e. The SMILES string of the molecule is COc1ccc(-c2ccc(O)c3c2C[C@@]2(C)C[C@@]4(C)[C@H](N(C)C)C(=O)C(C(N)=O)C(=O)[C@@]4(O)C(=O)C2C3=O)c(OC)c1OC. The lowest BCUT2D eigenvalue weighted by molar-refractivity contribution is -0.203. The number of phenols is 1. The summed E-state index contributed by atoms with van der Waals surface area (Å²) in [4.78, 5) is 69.8. The summed E-state index contributed by atoms with van der Waals surface area (Å²) in [5.74, 6) is -8.29. The van der Waals surface area contributed by atoms with E-state index in [1.807, 2.05) is 0 Å². The van der Waals surface area contributed by atoms with Gasteiger partial charge in [0.05, 0.1) is 38.9 Å². The van der Waals surface area contributed by atoms with Gasteiger partial charge in [0.1, 0.15) is 5.75 Å². The Morgan fingerprint density at radius 3 is 2.09 bits per heavy atom. The van der Waals surface area contributed by atoms with Crippen LogP contribution >= 0.6 is 0 Å². The number of rotatable bonds is 6. The summed E-state index contributed by atoms with van der Waals surface area (Å²) < 4.78 is 16.7. The molecule has 12 heteroatoms. The van der Waals surface area contributed by atoms with Crippen LogP contribution in [0.2, 0.25) is 0 Å². The first kappa shape index (κ1) is 31.1. The van der Waals surface area contributed by atoms with E-state index in [0.29, 0.717) is 33.9 Å². The maximum absolute atomic E-state index is 14.4. The molecule has 0 bridgehead atoms. The van der Waals surface area contributed by atoms with Gasteiger partial charge in [-0.3, -0.25) is 28.9 Å². The van der Waals surface area contributed by atoms with Crippen LogP contribution in [-0.2, 0) is 25.6 Å². The van der Waals surface area contributed by atoms with Crippen molar-refractivity contribution in [2.45, 2.75) is 38.3 Å². The fourth-order valence-corrected chi connectivity index (χ4v) is 8.28. The molecule has 0 saturated heterocycles. The molecule has 3 aliphatic carbocycles. The van der Waals surface area contributed by atoms with Gasteiger partial charge in [0, 0.05) is 11.0 Å². The van der Waals surface area contributed by atoms with Gasteiger partial charge in [-0.15, -0.1) is 0 Å². The number of aromatic hydroxyl groups is 1. The number of primary amides is 1. The third kappa shape index (κ3) is 3.80. The number of fused-ring (bicyclic) bond motifs is 3. The van der Waals surface area contributed by atoms with E-state index < -0.39 is 63.3 Å². The fourth-order valence-electron chi connectivity index (χ4n) is 8.28. The number of hydrogen-bond acceptors (Lipinski definition) is 11. The predicted molar refractivity (Wildman–Crippen MR) is 156 cm³/mol. The molecular formula is C32H36N2O10. The molecule has 0 heterocycles. The fraction of sp³-hybridized carbons (Fsp3) is 0.469. The van der Waals surface area contributed by atoms with Crippen molar-refractivity contribution < 1.29 is 48.4 Å². The Kier molecular flexibility index (Phi) is 7.17. The molecule has 2 aromatic carbocycles. The second kappa shape index (κ2) is 10.1. The molecular weight excluding hydrogens is 572 g/mol. The van der Waals surface area contributed by atoms with Crippen LogP contribution in [0.3, 0.4) is 0 Å². The van der Waals surface area contributed by atoms with Gasteiger partial charge >= 0.3 is 0 Å². The van der Waals surface area contributed by atoms with E-state index in [9.17, 15) is 34.2 Å². The Labute approximate surface area is 254 Å². The minimum Gasteiger partial charge on any atom is -0.507 e. The summed E-state index contributed by atoms with van der Waals surface area (Å²) in [5.41, 5.74) is 0.965. The predicted octanol–water partition coefficient (Wildman–Crippen LogP) is 1.34. The molecule has 5 rings (SSSR count). The monoisotopic (exact) mass is 608 g/mol. The molecule has 2 saturated carbocycles. The highest BCUT2D eigenvalue weighted by Crippen LogP contribution is 2.62. The van der Waals surface area contributed by atoms with Crippen LogP contribution in [0.15, 0.2) is 24.3 Å². The Hall–Kier alpha value is -4.29. The third-order valence-electron chi connectivity index (χ3n) is 9.86. The lowest BCUT2D eigenvalue weighted by Crippen LogP contribution is -2.79. The highest BCUT2D eigenvalue weighted by Gasteiger charge is 2.76. The number of ether oxygens (including phenoxy) is 3. The van der Waals surface area contributed by atoms with Crippen molar-refractivity contribution in [3.63, 3.8) is 0 Å². The highest BCUT2D eigenvalue weighted by atomic mass is 16.5. The molecule has 234 valence electrons. The Morgan fingerprint density at radius 2 is 1.55 bits per heavy atom. The lowest BCUT2D eigenvalue weighted by Gasteiger charge is -2.61. The first-order valence-electron chi connectivity index (χ1n) is 14.0. The van der Waals surface area contributed by atoms with Crippen LogP contribution < -0.4 is 19.9 Å². The molecule has 2 unspecified atom stereocenters. The van der Waals surface area contributed by atoms with Crippen LogP contribution in [0.1, 0.15) is 36.2 Å². The number of amides is 1. The maximum atomic E-state index is 14.4. The van der Waals surface area contributed by atoms with E-state index in [4.69, 9.17) is 19.9 Å². The molecule has 0 spiro atoms. The van der Waals surface area contributed by atoms with E-state index in [-0.39, 0.29) is 24.2 Å². The van der Waals surface area contributed by atoms with Gasteiger partial charge in [-0.25, -0.2) is 0 Å². The minimum atomic E-state index is -2.87. The first-order chi connectivity index (χ1) is 20.5. The Morgan fingerprint density at radius 1 is 0.932 bits per heavy atom. The number of aliphatic hydroxyl groups is 1. The van der Waals surface area contributed by atoms with E-state index >= 15 is 0 Å². The third-order valence-corrected chi connectivity index (χ3v) is 9.86. The number of ketones is 4. The number of carbonyl (C=O) groups excluding carboxylic acids is 5. The second-order valence-corrected chi connectivity index (χ2v) is 12.6. The normalized spacial score (nSPS) is 31.2. The summed E-state index contributed by atoms with van der Waals surface area (Å²) >= 11 is 0. The second-order valence-electron chi connectivity index (χ2n) is 12.6. The molecule has 2 fully saturated rings. The van der Waals surface area contributed by atoms with Gasteiger partial charge in [0.2, 0.25) is 11.7 Å². The van der Waals surface area contributed by atoms with Gasteiger partial charge in [-0.1, -0.05) is 19.9 Å². The first-order valence-corrected chi connectivity index (χ1v) is 14.0. The Bertz CT molecular complexity index is 1650. The maximum Gasteiger partial charge on any atom is 0.235 e. The molecule has 12 nitrogen and oxygen atoms in total. The molecule has 4 N–H and O–H groups in total. The van der Waals surface area contributed by atoms with Crippen LogP contribution in [0.25, 0.3) is 11.1 Å². The zero-order valence-electron chi connectivity index (χ0n) is 25.6. The van der Waals surface area contributed by atoms with Crippen LogP contribution in [0.5, 0.6) is 23.0 Å². The number of nitrogens with zero attached hydrogens (tertiary/aromatic N) is 1. The Balaban J connectivity index is 1.76. The molecule has 44 heavy (non-hydrogen) atoms. The lowest BCUT2D eigenvalue weighted by atomic mass is 9.42. The summed E-state index contributed by atoms with van der Waals surface area (Å²) in [6.45, 7) is 3.16. The quantitative estimate of drug-likeness (QED) is 0.402. The van der Waals surface area contributed by atoms with E-state index in [2.05, 4.69) is 0 Å². The summed E-state index contributed by atoms with van der Waals surface area (Å²) in [7, 11) is 7.48. The number of carbonyl (C=O) groups is 5. The molecule has 0 aliphatic heterocycles. The number of nitrogens with two attached hydrogens (primary N) is 1. The van der Waals surface area contributed by atoms with Crippen molar-refractivity contribution in [3.05, 3.63) is 35.4 Å². The minimum absolute atomic E-state index is 0.0547. The van der Waals surface area contributed by atoms with Crippen molar-refractivity contribution in [3.8, 4) is 34.1 Å². The number of methoxy groups -OCH3 is 3. The van der Waals surface area contributed by atoms with Crippen molar-refractivity contribution >= 4 is 29.0 Å². The van der Waals surface area contributed by atoms with Gasteiger partial charge in [-0.2, -0.15) is 0 Å². The van der Waals surface area contributed by atoms with Crippen molar-refractivity contribution in [2.24, 2.45) is 28.4 Å². The van der Waals surface area contributed by atoms with Gasteiger partial charge in [0.15, 0.2) is 46.2 Å². The standard InChI is InChI=1S/C32H36N2O10/c1-30-12-16-14(15-9-11-18(42-5)25(44-7)24(15)43-6)8-10-17(35)19(16)22(36)21(30)28(39)32(41)27(38)20(29(33)40)23(37)26(34(3)4)31(32,2)13-30/h8-11,20-21,26,35,41H,12-13H2,1-7H3,(H2,33,40)/t20?,21?,26-,30+,31+,32-/m1/s1. The van der Waals surface area contributed by atoms with Crippen molar-refractivity contribution in [2.75, 3.05) is 35.4 Å². The van der Waals surface area contributed by atoms with Gasteiger partial charge in [-0.05, 0) is 61.7 Å². The summed E-state index contributed by atoms with van der Waals surface area (Å²) in [6.07, 6.45) is -0.0682. The molecule has 3 aliphatic rings. The topological polar surface area (TPSA) is 183 Å². The summed E-state index contributed by atoms with van der Waals surface area (Å²) in [6, 6.07) is 5.10. The van der Waals surface area contributed by atoms with E-state index in [1.165, 1.54) is 39.2 Å². The number of Topliss-reactive ketones (excluding diaryl/α,β-unsaturated/α-hetero) is 4. The van der Waals surface area contributed by atoms with Crippen molar-refractivity contribution in [1.29, 1.82) is 0 Å². The molecule has 0 radical (unpaired) electrons. The van der Waals surface area contributed by atoms with E-state index in [1.54, 1.807) is 39.2 Å². The average molecular weight is 609 g/mol. The smallest absolute Gasteiger partial charge is 0.235 e. The molecule has 6 atom stereocenters. The zero-order chi connectivity index (χ0) is 32.7. The van der Waals surface area contributed by atoms with Crippen molar-refractivity contribution in [1.82, 2.24) is 4.90 Å². The van der Waals surface area contributed by atoms with Gasteiger partial charge < -0.3 is 30.2 Å². The van der Waals surface area contributed by atoms with Crippen LogP contribution in [0, 0.1) is 22.7 Å².